The van der Waals surface area contributed by atoms with Gasteiger partial charge in [0, 0.05) is 6.42 Å². The van der Waals surface area contributed by atoms with Gasteiger partial charge in [-0.25, -0.2) is 0 Å². The molecular formula is C14H20O3. The molecule has 0 unspecified atom stereocenters. The molecule has 3 nitrogen and oxygen atoms in total. The maximum absolute atomic E-state index is 10.5. The maximum Gasteiger partial charge on any atom is 0.303 e. The molecule has 0 saturated carbocycles. The summed E-state index contributed by atoms with van der Waals surface area (Å²) < 4.78 is 5.20. The van der Waals surface area contributed by atoms with Crippen molar-refractivity contribution < 1.29 is 14.6 Å². The Morgan fingerprint density at radius 2 is 2.06 bits per heavy atom. The fourth-order valence-electron chi connectivity index (χ4n) is 1.91. The lowest BCUT2D eigenvalue weighted by Gasteiger charge is -2.10. The molecule has 94 valence electrons. The normalized spacial score (nSPS) is 10.2. The minimum atomic E-state index is -0.726. The molecule has 0 bridgehead atoms. The van der Waals surface area contributed by atoms with Gasteiger partial charge >= 0.3 is 5.97 Å². The minimum absolute atomic E-state index is 0.234. The molecule has 0 atom stereocenters. The van der Waals surface area contributed by atoms with Crippen LogP contribution in [0.2, 0.25) is 0 Å². The average Bonchev–Trinajstić information content (AvgIpc) is 2.31. The van der Waals surface area contributed by atoms with Crippen LogP contribution in [0.4, 0.5) is 0 Å². The summed E-state index contributed by atoms with van der Waals surface area (Å²) in [5.41, 5.74) is 2.52. The SMILES string of the molecule is CCCc1cc(OC)ccc1CCCC(=O)O. The van der Waals surface area contributed by atoms with E-state index in [2.05, 4.69) is 13.0 Å². The van der Waals surface area contributed by atoms with Crippen LogP contribution in [0.1, 0.15) is 37.3 Å². The predicted octanol–water partition coefficient (Wildman–Crippen LogP) is 3.06. The number of benzene rings is 1. The van der Waals surface area contributed by atoms with Gasteiger partial charge in [0.25, 0.3) is 0 Å². The average molecular weight is 236 g/mol. The van der Waals surface area contributed by atoms with Crippen molar-refractivity contribution in [2.75, 3.05) is 7.11 Å². The molecule has 0 fully saturated rings. The van der Waals surface area contributed by atoms with Crippen molar-refractivity contribution in [2.45, 2.75) is 39.0 Å². The van der Waals surface area contributed by atoms with E-state index in [0.29, 0.717) is 6.42 Å². The monoisotopic (exact) mass is 236 g/mol. The Kier molecular flexibility index (Phi) is 5.53. The molecule has 0 aliphatic carbocycles. The number of hydrogen-bond donors (Lipinski definition) is 1. The first kappa shape index (κ1) is 13.6. The number of rotatable bonds is 7. The van der Waals surface area contributed by atoms with E-state index in [1.165, 1.54) is 11.1 Å². The van der Waals surface area contributed by atoms with E-state index in [1.54, 1.807) is 7.11 Å². The molecule has 0 amide bonds. The number of hydrogen-bond acceptors (Lipinski definition) is 2. The van der Waals surface area contributed by atoms with Crippen LogP contribution in [-0.2, 0) is 17.6 Å². The third kappa shape index (κ3) is 4.47. The first-order valence-corrected chi connectivity index (χ1v) is 6.05. The van der Waals surface area contributed by atoms with Crippen LogP contribution in [0.25, 0.3) is 0 Å². The van der Waals surface area contributed by atoms with E-state index in [9.17, 15) is 4.79 Å². The molecule has 1 N–H and O–H groups in total. The molecule has 0 aliphatic heterocycles. The highest BCUT2D eigenvalue weighted by molar-refractivity contribution is 5.66. The van der Waals surface area contributed by atoms with Gasteiger partial charge in [-0.15, -0.1) is 0 Å². The lowest BCUT2D eigenvalue weighted by molar-refractivity contribution is -0.137. The second-order valence-corrected chi connectivity index (χ2v) is 4.13. The summed E-state index contributed by atoms with van der Waals surface area (Å²) in [5, 5.41) is 8.63. The van der Waals surface area contributed by atoms with Crippen molar-refractivity contribution in [3.63, 3.8) is 0 Å². The van der Waals surface area contributed by atoms with Crippen LogP contribution in [0, 0.1) is 0 Å². The molecule has 0 saturated heterocycles. The van der Waals surface area contributed by atoms with Crippen molar-refractivity contribution in [1.29, 1.82) is 0 Å². The van der Waals surface area contributed by atoms with Crippen LogP contribution in [0.15, 0.2) is 18.2 Å². The molecule has 0 aliphatic rings. The molecule has 0 aromatic heterocycles. The zero-order valence-corrected chi connectivity index (χ0v) is 10.5. The Balaban J connectivity index is 2.71. The molecule has 0 spiro atoms. The molecule has 17 heavy (non-hydrogen) atoms. The topological polar surface area (TPSA) is 46.5 Å². The first-order valence-electron chi connectivity index (χ1n) is 6.05. The Bertz CT molecular complexity index is 372. The smallest absolute Gasteiger partial charge is 0.303 e. The Labute approximate surface area is 102 Å². The highest BCUT2D eigenvalue weighted by Gasteiger charge is 2.05. The summed E-state index contributed by atoms with van der Waals surface area (Å²) in [6.45, 7) is 2.14. The maximum atomic E-state index is 10.5. The number of aryl methyl sites for hydroxylation is 2. The van der Waals surface area contributed by atoms with Crippen molar-refractivity contribution in [3.8, 4) is 5.75 Å². The van der Waals surface area contributed by atoms with E-state index in [-0.39, 0.29) is 6.42 Å². The highest BCUT2D eigenvalue weighted by Crippen LogP contribution is 2.20. The van der Waals surface area contributed by atoms with E-state index in [1.807, 2.05) is 12.1 Å². The largest absolute Gasteiger partial charge is 0.497 e. The third-order valence-corrected chi connectivity index (χ3v) is 2.77. The second kappa shape index (κ2) is 6.94. The Morgan fingerprint density at radius 1 is 1.29 bits per heavy atom. The van der Waals surface area contributed by atoms with Gasteiger partial charge in [0.15, 0.2) is 0 Å². The number of carbonyl (C=O) groups is 1. The molecule has 3 heteroatoms. The van der Waals surface area contributed by atoms with Crippen LogP contribution in [-0.4, -0.2) is 18.2 Å². The van der Waals surface area contributed by atoms with Crippen molar-refractivity contribution in [2.24, 2.45) is 0 Å². The van der Waals surface area contributed by atoms with Crippen molar-refractivity contribution >= 4 is 5.97 Å². The standard InChI is InChI=1S/C14H20O3/c1-3-5-12-10-13(17-2)9-8-11(12)6-4-7-14(15)16/h8-10H,3-7H2,1-2H3,(H,15,16). The third-order valence-electron chi connectivity index (χ3n) is 2.77. The van der Waals surface area contributed by atoms with E-state index in [0.717, 1.165) is 25.0 Å². The van der Waals surface area contributed by atoms with E-state index >= 15 is 0 Å². The first-order chi connectivity index (χ1) is 8.17. The van der Waals surface area contributed by atoms with Gasteiger partial charge in [0.1, 0.15) is 5.75 Å². The fraction of sp³-hybridized carbons (Fsp3) is 0.500. The molecule has 0 heterocycles. The van der Waals surface area contributed by atoms with E-state index < -0.39 is 5.97 Å². The fourth-order valence-corrected chi connectivity index (χ4v) is 1.91. The van der Waals surface area contributed by atoms with Crippen LogP contribution >= 0.6 is 0 Å². The minimum Gasteiger partial charge on any atom is -0.497 e. The molecule has 1 rings (SSSR count). The number of ether oxygens (including phenoxy) is 1. The predicted molar refractivity (Wildman–Crippen MR) is 67.6 cm³/mol. The highest BCUT2D eigenvalue weighted by atomic mass is 16.5. The lowest BCUT2D eigenvalue weighted by atomic mass is 9.98. The quantitative estimate of drug-likeness (QED) is 0.791. The summed E-state index contributed by atoms with van der Waals surface area (Å²) in [5.74, 6) is 0.144. The van der Waals surface area contributed by atoms with Gasteiger partial charge in [-0.3, -0.25) is 4.79 Å². The summed E-state index contributed by atoms with van der Waals surface area (Å²) >= 11 is 0. The summed E-state index contributed by atoms with van der Waals surface area (Å²) in [6.07, 6.45) is 3.85. The Morgan fingerprint density at radius 3 is 2.65 bits per heavy atom. The van der Waals surface area contributed by atoms with Gasteiger partial charge in [-0.2, -0.15) is 0 Å². The van der Waals surface area contributed by atoms with E-state index in [4.69, 9.17) is 9.84 Å². The lowest BCUT2D eigenvalue weighted by Crippen LogP contribution is -1.99. The molecule has 1 aromatic carbocycles. The number of aliphatic carboxylic acids is 1. The second-order valence-electron chi connectivity index (χ2n) is 4.13. The number of methoxy groups -OCH3 is 1. The van der Waals surface area contributed by atoms with Crippen LogP contribution < -0.4 is 4.74 Å². The van der Waals surface area contributed by atoms with Gasteiger partial charge in [-0.1, -0.05) is 19.4 Å². The summed E-state index contributed by atoms with van der Waals surface area (Å²) in [7, 11) is 1.66. The molecule has 0 radical (unpaired) electrons. The Hall–Kier alpha value is -1.51. The van der Waals surface area contributed by atoms with Crippen molar-refractivity contribution in [1.82, 2.24) is 0 Å². The number of carboxylic acids is 1. The molecular weight excluding hydrogens is 216 g/mol. The zero-order valence-electron chi connectivity index (χ0n) is 10.5. The van der Waals surface area contributed by atoms with Gasteiger partial charge < -0.3 is 9.84 Å². The van der Waals surface area contributed by atoms with Gasteiger partial charge in [0.2, 0.25) is 0 Å². The summed E-state index contributed by atoms with van der Waals surface area (Å²) in [4.78, 5) is 10.5. The van der Waals surface area contributed by atoms with Gasteiger partial charge in [-0.05, 0) is 42.5 Å². The van der Waals surface area contributed by atoms with Crippen LogP contribution in [0.3, 0.4) is 0 Å². The summed E-state index contributed by atoms with van der Waals surface area (Å²) in [6, 6.07) is 6.04. The molecule has 1 aromatic rings. The van der Waals surface area contributed by atoms with Crippen LogP contribution in [0.5, 0.6) is 5.75 Å². The van der Waals surface area contributed by atoms with Crippen molar-refractivity contribution in [3.05, 3.63) is 29.3 Å². The van der Waals surface area contributed by atoms with Gasteiger partial charge in [0.05, 0.1) is 7.11 Å². The zero-order chi connectivity index (χ0) is 12.7. The number of carboxylic acid groups (broad SMARTS) is 1.